The van der Waals surface area contributed by atoms with E-state index in [9.17, 15) is 9.59 Å². The Morgan fingerprint density at radius 3 is 2.74 bits per heavy atom. The number of para-hydroxylation sites is 1. The van der Waals surface area contributed by atoms with Gasteiger partial charge in [-0.05, 0) is 32.3 Å². The number of benzene rings is 1. The summed E-state index contributed by atoms with van der Waals surface area (Å²) in [6.07, 6.45) is 3.89. The van der Waals surface area contributed by atoms with Gasteiger partial charge < -0.3 is 9.47 Å². The van der Waals surface area contributed by atoms with E-state index < -0.39 is 11.8 Å². The molecule has 2 atom stereocenters. The number of ether oxygens (including phenoxy) is 2. The van der Waals surface area contributed by atoms with Crippen molar-refractivity contribution in [2.45, 2.75) is 51.9 Å². The molecule has 5 heteroatoms. The van der Waals surface area contributed by atoms with Crippen LogP contribution in [0.15, 0.2) is 40.5 Å². The van der Waals surface area contributed by atoms with Crippen LogP contribution in [-0.2, 0) is 14.3 Å². The number of carbonyl (C=O) groups is 2. The minimum Gasteiger partial charge on any atom is -0.496 e. The summed E-state index contributed by atoms with van der Waals surface area (Å²) in [7, 11) is 1.61. The van der Waals surface area contributed by atoms with Gasteiger partial charge in [0.1, 0.15) is 11.5 Å². The van der Waals surface area contributed by atoms with Gasteiger partial charge in [0, 0.05) is 29.3 Å². The lowest BCUT2D eigenvalue weighted by Crippen LogP contribution is -2.39. The molecule has 1 heterocycles. The Kier molecular flexibility index (Phi) is 6.09. The highest BCUT2D eigenvalue weighted by Crippen LogP contribution is 2.45. The van der Waals surface area contributed by atoms with Gasteiger partial charge >= 0.3 is 5.97 Å². The molecule has 2 aliphatic rings. The van der Waals surface area contributed by atoms with Gasteiger partial charge in [0.05, 0.1) is 25.2 Å². The summed E-state index contributed by atoms with van der Waals surface area (Å²) in [6, 6.07) is 7.59. The number of hydrogen-bond donors (Lipinski definition) is 0. The number of carbonyl (C=O) groups excluding carboxylic acids is 2. The van der Waals surface area contributed by atoms with Crippen molar-refractivity contribution in [2.24, 2.45) is 10.9 Å². The largest absolute Gasteiger partial charge is 0.496 e. The molecule has 5 nitrogen and oxygen atoms in total. The average Bonchev–Trinajstić information content (AvgIpc) is 2.67. The first-order valence-electron chi connectivity index (χ1n) is 9.69. The summed E-state index contributed by atoms with van der Waals surface area (Å²) in [5, 5.41) is 0. The molecule has 0 aromatic heterocycles. The minimum absolute atomic E-state index is 0.141. The van der Waals surface area contributed by atoms with Crippen molar-refractivity contribution in [3.63, 3.8) is 0 Å². The van der Waals surface area contributed by atoms with E-state index in [1.54, 1.807) is 7.11 Å². The fraction of sp³-hybridized carbons (Fsp3) is 0.500. The Labute approximate surface area is 160 Å². The fourth-order valence-corrected chi connectivity index (χ4v) is 4.03. The van der Waals surface area contributed by atoms with Crippen LogP contribution in [-0.4, -0.2) is 31.2 Å². The van der Waals surface area contributed by atoms with Crippen molar-refractivity contribution >= 4 is 17.5 Å². The number of rotatable bonds is 6. The van der Waals surface area contributed by atoms with Gasteiger partial charge in [-0.1, -0.05) is 31.5 Å². The van der Waals surface area contributed by atoms with E-state index in [1.165, 1.54) is 0 Å². The Morgan fingerprint density at radius 1 is 1.22 bits per heavy atom. The second-order valence-corrected chi connectivity index (χ2v) is 7.11. The third-order valence-corrected chi connectivity index (χ3v) is 5.33. The summed E-state index contributed by atoms with van der Waals surface area (Å²) < 4.78 is 11.1. The molecule has 1 aliphatic carbocycles. The Morgan fingerprint density at radius 2 is 2.00 bits per heavy atom. The van der Waals surface area contributed by atoms with E-state index >= 15 is 0 Å². The number of methoxy groups -OCH3 is 1. The Balaban J connectivity index is 2.09. The van der Waals surface area contributed by atoms with Crippen LogP contribution in [0, 0.1) is 5.92 Å². The molecule has 1 fully saturated rings. The van der Waals surface area contributed by atoms with Gasteiger partial charge in [0.2, 0.25) is 0 Å². The number of unbranched alkanes of at least 4 members (excludes halogenated alkanes) is 1. The number of esters is 1. The zero-order valence-corrected chi connectivity index (χ0v) is 16.3. The van der Waals surface area contributed by atoms with Crippen LogP contribution in [0.1, 0.15) is 57.4 Å². The maximum Gasteiger partial charge on any atom is 0.336 e. The van der Waals surface area contributed by atoms with Crippen molar-refractivity contribution in [3.8, 4) is 5.75 Å². The van der Waals surface area contributed by atoms with Crippen LogP contribution in [0.2, 0.25) is 0 Å². The third kappa shape index (κ3) is 3.82. The maximum atomic E-state index is 12.9. The topological polar surface area (TPSA) is 65.0 Å². The predicted molar refractivity (Wildman–Crippen MR) is 104 cm³/mol. The summed E-state index contributed by atoms with van der Waals surface area (Å²) in [5.74, 6) is -0.378. The number of hydrogen-bond acceptors (Lipinski definition) is 5. The van der Waals surface area contributed by atoms with E-state index in [4.69, 9.17) is 9.47 Å². The second-order valence-electron chi connectivity index (χ2n) is 7.11. The van der Waals surface area contributed by atoms with Crippen molar-refractivity contribution in [1.82, 2.24) is 0 Å². The van der Waals surface area contributed by atoms with Crippen LogP contribution in [0.3, 0.4) is 0 Å². The molecule has 0 unspecified atom stereocenters. The smallest absolute Gasteiger partial charge is 0.336 e. The number of nitrogens with zero attached hydrogens (tertiary/aromatic N) is 1. The number of aliphatic imine (C=N–C) groups is 1. The summed E-state index contributed by atoms with van der Waals surface area (Å²) >= 11 is 0. The molecule has 0 N–H and O–H groups in total. The van der Waals surface area contributed by atoms with Crippen LogP contribution < -0.4 is 4.74 Å². The number of ketones is 1. The van der Waals surface area contributed by atoms with Gasteiger partial charge in [0.25, 0.3) is 0 Å². The van der Waals surface area contributed by atoms with Gasteiger partial charge in [-0.2, -0.15) is 0 Å². The maximum absolute atomic E-state index is 12.9. The monoisotopic (exact) mass is 369 g/mol. The highest BCUT2D eigenvalue weighted by Gasteiger charge is 2.44. The van der Waals surface area contributed by atoms with Crippen molar-refractivity contribution < 1.29 is 19.1 Å². The molecule has 0 spiro atoms. The Bertz CT molecular complexity index is 793. The number of fused-ring (bicyclic) bond motifs is 1. The molecule has 0 amide bonds. The first-order valence-corrected chi connectivity index (χ1v) is 9.69. The van der Waals surface area contributed by atoms with E-state index in [-0.39, 0.29) is 11.8 Å². The van der Waals surface area contributed by atoms with Gasteiger partial charge in [0.15, 0.2) is 0 Å². The van der Waals surface area contributed by atoms with Crippen molar-refractivity contribution in [2.75, 3.05) is 13.7 Å². The fourth-order valence-electron chi connectivity index (χ4n) is 4.03. The summed E-state index contributed by atoms with van der Waals surface area (Å²) in [6.45, 7) is 4.26. The zero-order chi connectivity index (χ0) is 19.4. The van der Waals surface area contributed by atoms with Gasteiger partial charge in [-0.15, -0.1) is 0 Å². The molecule has 144 valence electrons. The lowest BCUT2D eigenvalue weighted by Gasteiger charge is -2.36. The molecular weight excluding hydrogens is 342 g/mol. The lowest BCUT2D eigenvalue weighted by atomic mass is 9.69. The molecule has 1 aromatic carbocycles. The lowest BCUT2D eigenvalue weighted by molar-refractivity contribution is -0.139. The van der Waals surface area contributed by atoms with E-state index in [1.807, 2.05) is 38.1 Å². The standard InChI is InChI=1S/C22H27NO4/c1-4-5-13-27-22(25)19-14(2)23-16-10-8-11-17(24)21(16)20(19)15-9-6-7-12-18(15)26-3/h6-7,9,12,20-21H,4-5,8,10-11,13H2,1-3H3/t20-,21+/m1/s1. The van der Waals surface area contributed by atoms with E-state index in [2.05, 4.69) is 4.99 Å². The predicted octanol–water partition coefficient (Wildman–Crippen LogP) is 4.22. The second kappa shape index (κ2) is 8.51. The van der Waals surface area contributed by atoms with Gasteiger partial charge in [-0.3, -0.25) is 9.79 Å². The van der Waals surface area contributed by atoms with E-state index in [0.717, 1.165) is 37.0 Å². The summed E-state index contributed by atoms with van der Waals surface area (Å²) in [5.41, 5.74) is 2.85. The molecule has 0 saturated heterocycles. The molecule has 0 bridgehead atoms. The van der Waals surface area contributed by atoms with Crippen LogP contribution in [0.4, 0.5) is 0 Å². The number of Topliss-reactive ketones (excluding diaryl/α,β-unsaturated/α-hetero) is 1. The normalized spacial score (nSPS) is 22.2. The minimum atomic E-state index is -0.410. The first-order chi connectivity index (χ1) is 13.1. The average molecular weight is 369 g/mol. The van der Waals surface area contributed by atoms with Crippen LogP contribution in [0.5, 0.6) is 5.75 Å². The van der Waals surface area contributed by atoms with Gasteiger partial charge in [-0.25, -0.2) is 4.79 Å². The summed E-state index contributed by atoms with van der Waals surface area (Å²) in [4.78, 5) is 30.4. The first kappa shape index (κ1) is 19.3. The highest BCUT2D eigenvalue weighted by molar-refractivity contribution is 6.11. The van der Waals surface area contributed by atoms with Crippen LogP contribution >= 0.6 is 0 Å². The Hall–Kier alpha value is -2.43. The zero-order valence-electron chi connectivity index (χ0n) is 16.3. The van der Waals surface area contributed by atoms with Crippen LogP contribution in [0.25, 0.3) is 0 Å². The van der Waals surface area contributed by atoms with Crippen molar-refractivity contribution in [3.05, 3.63) is 41.1 Å². The molecule has 1 saturated carbocycles. The van der Waals surface area contributed by atoms with Crippen molar-refractivity contribution in [1.29, 1.82) is 0 Å². The SMILES string of the molecule is CCCCOC(=O)C1=C(C)N=C2CCCC(=O)[C@H]2[C@@H]1c1ccccc1OC. The molecule has 0 radical (unpaired) electrons. The molecule has 3 rings (SSSR count). The quantitative estimate of drug-likeness (QED) is 0.556. The molecule has 1 aromatic rings. The molecule has 27 heavy (non-hydrogen) atoms. The number of allylic oxidation sites excluding steroid dienone is 1. The van der Waals surface area contributed by atoms with E-state index in [0.29, 0.717) is 30.0 Å². The molecular formula is C22H27NO4. The highest BCUT2D eigenvalue weighted by atomic mass is 16.5. The molecule has 1 aliphatic heterocycles. The third-order valence-electron chi connectivity index (χ3n) is 5.33.